The van der Waals surface area contributed by atoms with Crippen LogP contribution in [-0.2, 0) is 6.42 Å². The SMILES string of the molecule is Nc1ccc(C(=O)Cc2cc(F)ccc2F)cc1. The molecule has 2 N–H and O–H groups in total. The van der Waals surface area contributed by atoms with Crippen LogP contribution >= 0.6 is 0 Å². The Bertz CT molecular complexity index is 579. The fourth-order valence-corrected chi connectivity index (χ4v) is 1.62. The van der Waals surface area contributed by atoms with E-state index in [0.29, 0.717) is 11.3 Å². The topological polar surface area (TPSA) is 43.1 Å². The Labute approximate surface area is 103 Å². The van der Waals surface area contributed by atoms with Crippen LogP contribution in [0.5, 0.6) is 0 Å². The summed E-state index contributed by atoms with van der Waals surface area (Å²) in [4.78, 5) is 11.9. The highest BCUT2D eigenvalue weighted by Crippen LogP contribution is 2.14. The predicted octanol–water partition coefficient (Wildman–Crippen LogP) is 2.97. The van der Waals surface area contributed by atoms with Crippen molar-refractivity contribution in [1.29, 1.82) is 0 Å². The smallest absolute Gasteiger partial charge is 0.167 e. The molecular formula is C14H11F2NO. The molecule has 2 rings (SSSR count). The molecule has 0 amide bonds. The lowest BCUT2D eigenvalue weighted by Crippen LogP contribution is -2.05. The highest BCUT2D eigenvalue weighted by Gasteiger charge is 2.11. The Kier molecular flexibility index (Phi) is 3.37. The first-order valence-electron chi connectivity index (χ1n) is 5.39. The zero-order valence-corrected chi connectivity index (χ0v) is 9.49. The maximum atomic E-state index is 13.4. The molecule has 0 fully saturated rings. The largest absolute Gasteiger partial charge is 0.399 e. The van der Waals surface area contributed by atoms with Gasteiger partial charge in [0.25, 0.3) is 0 Å². The molecule has 0 aliphatic carbocycles. The molecule has 0 unspecified atom stereocenters. The first-order valence-corrected chi connectivity index (χ1v) is 5.39. The van der Waals surface area contributed by atoms with E-state index in [2.05, 4.69) is 0 Å². The number of nitrogens with two attached hydrogens (primary N) is 1. The molecule has 0 aromatic heterocycles. The van der Waals surface area contributed by atoms with Crippen molar-refractivity contribution in [3.63, 3.8) is 0 Å². The molecule has 0 heterocycles. The summed E-state index contributed by atoms with van der Waals surface area (Å²) in [6, 6.07) is 9.38. The van der Waals surface area contributed by atoms with E-state index in [1.165, 1.54) is 0 Å². The van der Waals surface area contributed by atoms with Crippen LogP contribution in [0.3, 0.4) is 0 Å². The summed E-state index contributed by atoms with van der Waals surface area (Å²) in [6.45, 7) is 0. The number of ketones is 1. The normalized spacial score (nSPS) is 10.3. The van der Waals surface area contributed by atoms with Gasteiger partial charge in [-0.3, -0.25) is 4.79 Å². The van der Waals surface area contributed by atoms with Crippen molar-refractivity contribution in [2.45, 2.75) is 6.42 Å². The monoisotopic (exact) mass is 247 g/mol. The maximum Gasteiger partial charge on any atom is 0.167 e. The summed E-state index contributed by atoms with van der Waals surface area (Å²) in [7, 11) is 0. The van der Waals surface area contributed by atoms with Crippen LogP contribution in [0.25, 0.3) is 0 Å². The van der Waals surface area contributed by atoms with Crippen molar-refractivity contribution in [2.24, 2.45) is 0 Å². The van der Waals surface area contributed by atoms with Gasteiger partial charge in [-0.05, 0) is 48.0 Å². The lowest BCUT2D eigenvalue weighted by atomic mass is 10.0. The van der Waals surface area contributed by atoms with Gasteiger partial charge in [0, 0.05) is 17.7 Å². The van der Waals surface area contributed by atoms with Crippen molar-refractivity contribution >= 4 is 11.5 Å². The molecule has 0 aliphatic rings. The molecule has 0 saturated carbocycles. The lowest BCUT2D eigenvalue weighted by Gasteiger charge is -2.04. The lowest BCUT2D eigenvalue weighted by molar-refractivity contribution is 0.0992. The minimum absolute atomic E-state index is 0.0526. The van der Waals surface area contributed by atoms with Crippen LogP contribution in [0.4, 0.5) is 14.5 Å². The number of carbonyl (C=O) groups excluding carboxylic acids is 1. The molecule has 4 heteroatoms. The van der Waals surface area contributed by atoms with E-state index in [1.807, 2.05) is 0 Å². The van der Waals surface area contributed by atoms with Gasteiger partial charge in [-0.25, -0.2) is 8.78 Å². The predicted molar refractivity (Wildman–Crippen MR) is 65.2 cm³/mol. The summed E-state index contributed by atoms with van der Waals surface area (Å²) in [6.07, 6.45) is -0.173. The second-order valence-electron chi connectivity index (χ2n) is 3.96. The third-order valence-electron chi connectivity index (χ3n) is 2.59. The summed E-state index contributed by atoms with van der Waals surface area (Å²) >= 11 is 0. The zero-order valence-electron chi connectivity index (χ0n) is 9.49. The summed E-state index contributed by atoms with van der Waals surface area (Å²) in [5, 5.41) is 0. The van der Waals surface area contributed by atoms with Gasteiger partial charge in [-0.1, -0.05) is 0 Å². The average Bonchev–Trinajstić information content (AvgIpc) is 2.34. The van der Waals surface area contributed by atoms with E-state index in [4.69, 9.17) is 5.73 Å². The Hall–Kier alpha value is -2.23. The summed E-state index contributed by atoms with van der Waals surface area (Å²) in [5.41, 5.74) is 6.52. The van der Waals surface area contributed by atoms with Gasteiger partial charge >= 0.3 is 0 Å². The Morgan fingerprint density at radius 2 is 1.72 bits per heavy atom. The van der Waals surface area contributed by atoms with Crippen LogP contribution in [0.1, 0.15) is 15.9 Å². The quantitative estimate of drug-likeness (QED) is 0.669. The fourth-order valence-electron chi connectivity index (χ4n) is 1.62. The van der Waals surface area contributed by atoms with Gasteiger partial charge in [-0.2, -0.15) is 0 Å². The average molecular weight is 247 g/mol. The molecule has 0 saturated heterocycles. The number of anilines is 1. The van der Waals surface area contributed by atoms with Gasteiger partial charge in [0.15, 0.2) is 5.78 Å². The number of hydrogen-bond acceptors (Lipinski definition) is 2. The first-order chi connectivity index (χ1) is 8.56. The van der Waals surface area contributed by atoms with Crippen LogP contribution in [0.2, 0.25) is 0 Å². The number of Topliss-reactive ketones (excluding diaryl/α,β-unsaturated/α-hetero) is 1. The standard InChI is InChI=1S/C14H11F2NO/c15-11-3-6-13(16)10(7-11)8-14(18)9-1-4-12(17)5-2-9/h1-7H,8,17H2. The van der Waals surface area contributed by atoms with E-state index in [1.54, 1.807) is 24.3 Å². The number of halogens is 2. The van der Waals surface area contributed by atoms with Crippen molar-refractivity contribution in [2.75, 3.05) is 5.73 Å². The Morgan fingerprint density at radius 1 is 1.06 bits per heavy atom. The molecule has 0 spiro atoms. The Balaban J connectivity index is 2.21. The third kappa shape index (κ3) is 2.71. The van der Waals surface area contributed by atoms with Gasteiger partial charge in [0.05, 0.1) is 0 Å². The molecular weight excluding hydrogens is 236 g/mol. The fraction of sp³-hybridized carbons (Fsp3) is 0.0714. The van der Waals surface area contributed by atoms with E-state index < -0.39 is 11.6 Å². The van der Waals surface area contributed by atoms with Gasteiger partial charge in [0.2, 0.25) is 0 Å². The highest BCUT2D eigenvalue weighted by molar-refractivity contribution is 5.97. The van der Waals surface area contributed by atoms with Crippen molar-refractivity contribution < 1.29 is 13.6 Å². The Morgan fingerprint density at radius 3 is 2.39 bits per heavy atom. The number of carbonyl (C=O) groups is 1. The summed E-state index contributed by atoms with van der Waals surface area (Å²) in [5.74, 6) is -1.42. The van der Waals surface area contributed by atoms with Crippen LogP contribution in [0.15, 0.2) is 42.5 Å². The first kappa shape index (κ1) is 12.2. The van der Waals surface area contributed by atoms with Crippen molar-refractivity contribution in [1.82, 2.24) is 0 Å². The van der Waals surface area contributed by atoms with Gasteiger partial charge in [-0.15, -0.1) is 0 Å². The van der Waals surface area contributed by atoms with Crippen LogP contribution < -0.4 is 5.73 Å². The minimum Gasteiger partial charge on any atom is -0.399 e. The van der Waals surface area contributed by atoms with Gasteiger partial charge < -0.3 is 5.73 Å². The van der Waals surface area contributed by atoms with Crippen molar-refractivity contribution in [3.05, 3.63) is 65.2 Å². The zero-order chi connectivity index (χ0) is 13.1. The molecule has 18 heavy (non-hydrogen) atoms. The van der Waals surface area contributed by atoms with E-state index in [0.717, 1.165) is 18.2 Å². The molecule has 92 valence electrons. The highest BCUT2D eigenvalue weighted by atomic mass is 19.1. The molecule has 2 nitrogen and oxygen atoms in total. The van der Waals surface area contributed by atoms with E-state index in [9.17, 15) is 13.6 Å². The van der Waals surface area contributed by atoms with Crippen LogP contribution in [-0.4, -0.2) is 5.78 Å². The van der Waals surface area contributed by atoms with Crippen LogP contribution in [0, 0.1) is 11.6 Å². The second kappa shape index (κ2) is 4.96. The third-order valence-corrected chi connectivity index (χ3v) is 2.59. The molecule has 0 atom stereocenters. The molecule has 2 aromatic carbocycles. The number of nitrogen functional groups attached to an aromatic ring is 1. The molecule has 0 aliphatic heterocycles. The molecule has 0 radical (unpaired) electrons. The van der Waals surface area contributed by atoms with Gasteiger partial charge in [0.1, 0.15) is 11.6 Å². The number of rotatable bonds is 3. The van der Waals surface area contributed by atoms with E-state index in [-0.39, 0.29) is 17.8 Å². The summed E-state index contributed by atoms with van der Waals surface area (Å²) < 4.78 is 26.3. The van der Waals surface area contributed by atoms with Crippen molar-refractivity contribution in [3.8, 4) is 0 Å². The number of benzene rings is 2. The number of hydrogen-bond donors (Lipinski definition) is 1. The maximum absolute atomic E-state index is 13.4. The molecule has 2 aromatic rings. The molecule has 0 bridgehead atoms. The van der Waals surface area contributed by atoms with E-state index >= 15 is 0 Å². The second-order valence-corrected chi connectivity index (χ2v) is 3.96. The minimum atomic E-state index is -0.583.